The Labute approximate surface area is 165 Å². The molecule has 0 aliphatic rings. The monoisotopic (exact) mass is 366 g/mol. The highest BCUT2D eigenvalue weighted by Gasteiger charge is 2.11. The van der Waals surface area contributed by atoms with Crippen molar-refractivity contribution in [1.82, 2.24) is 14.8 Å². The molecule has 1 N–H and O–H groups in total. The van der Waals surface area contributed by atoms with Gasteiger partial charge in [-0.25, -0.2) is 4.68 Å². The van der Waals surface area contributed by atoms with E-state index in [4.69, 9.17) is 10.1 Å². The normalized spacial score (nSPS) is 10.6. The predicted molar refractivity (Wildman–Crippen MR) is 115 cm³/mol. The Balaban J connectivity index is 1.62. The number of aromatic nitrogens is 3. The van der Waals surface area contributed by atoms with Gasteiger partial charge in [-0.15, -0.1) is 5.10 Å². The van der Waals surface area contributed by atoms with Crippen LogP contribution < -0.4 is 5.32 Å². The van der Waals surface area contributed by atoms with Gasteiger partial charge in [0.05, 0.1) is 6.54 Å². The Kier molecular flexibility index (Phi) is 5.29. The maximum absolute atomic E-state index is 4.76. The summed E-state index contributed by atoms with van der Waals surface area (Å²) in [6, 6.07) is 28.7. The minimum absolute atomic E-state index is 0.611. The van der Waals surface area contributed by atoms with Gasteiger partial charge in [0.1, 0.15) is 5.82 Å². The topological polar surface area (TPSA) is 42.7 Å². The molecule has 0 spiro atoms. The third-order valence-corrected chi connectivity index (χ3v) is 4.53. The van der Waals surface area contributed by atoms with Gasteiger partial charge < -0.3 is 5.32 Å². The van der Waals surface area contributed by atoms with Crippen LogP contribution in [0.4, 0.5) is 11.6 Å². The second-order valence-electron chi connectivity index (χ2n) is 6.61. The smallest absolute Gasteiger partial charge is 0.246 e. The summed E-state index contributed by atoms with van der Waals surface area (Å²) in [6.07, 6.45) is 2.58. The van der Waals surface area contributed by atoms with Gasteiger partial charge in [-0.1, -0.05) is 85.5 Å². The van der Waals surface area contributed by atoms with Gasteiger partial charge >= 0.3 is 0 Å². The molecule has 4 rings (SSSR count). The number of anilines is 2. The average Bonchev–Trinajstić information content (AvgIpc) is 3.10. The summed E-state index contributed by atoms with van der Waals surface area (Å²) in [5.74, 6) is 1.54. The molecule has 0 amide bonds. The highest BCUT2D eigenvalue weighted by molar-refractivity contribution is 5.52. The molecule has 0 aliphatic carbocycles. The van der Waals surface area contributed by atoms with Gasteiger partial charge in [-0.3, -0.25) is 0 Å². The van der Waals surface area contributed by atoms with E-state index in [0.29, 0.717) is 12.5 Å². The van der Waals surface area contributed by atoms with Crippen molar-refractivity contribution in [1.29, 1.82) is 0 Å². The van der Waals surface area contributed by atoms with Crippen LogP contribution in [0.3, 0.4) is 0 Å². The van der Waals surface area contributed by atoms with E-state index in [1.165, 1.54) is 11.1 Å². The van der Waals surface area contributed by atoms with Crippen molar-refractivity contribution in [2.45, 2.75) is 13.0 Å². The molecule has 4 nitrogen and oxygen atoms in total. The lowest BCUT2D eigenvalue weighted by molar-refractivity contribution is 0.649. The average molecular weight is 366 g/mol. The fraction of sp³-hybridized carbons (Fsp3) is 0.0833. The number of nitrogens with zero attached hydrogens (tertiary/aromatic N) is 3. The molecule has 0 atom stereocenters. The summed E-state index contributed by atoms with van der Waals surface area (Å²) in [7, 11) is 0. The lowest BCUT2D eigenvalue weighted by atomic mass is 10.1. The Morgan fingerprint density at radius 1 is 0.821 bits per heavy atom. The van der Waals surface area contributed by atoms with Gasteiger partial charge in [0.25, 0.3) is 0 Å². The summed E-state index contributed by atoms with van der Waals surface area (Å²) in [4.78, 5) is 4.76. The lowest BCUT2D eigenvalue weighted by Crippen LogP contribution is -2.07. The lowest BCUT2D eigenvalue weighted by Gasteiger charge is -2.07. The summed E-state index contributed by atoms with van der Waals surface area (Å²) in [5.41, 5.74) is 4.47. The van der Waals surface area contributed by atoms with Crippen molar-refractivity contribution >= 4 is 17.7 Å². The van der Waals surface area contributed by atoms with E-state index in [1.807, 2.05) is 59.3 Å². The van der Waals surface area contributed by atoms with Crippen LogP contribution in [0, 0.1) is 0 Å². The van der Waals surface area contributed by atoms with Gasteiger partial charge in [-0.2, -0.15) is 4.98 Å². The predicted octanol–water partition coefficient (Wildman–Crippen LogP) is 5.30. The zero-order valence-electron chi connectivity index (χ0n) is 15.6. The molecule has 0 fully saturated rings. The third kappa shape index (κ3) is 4.35. The van der Waals surface area contributed by atoms with Crippen molar-refractivity contribution in [2.24, 2.45) is 0 Å². The number of para-hydroxylation sites is 1. The fourth-order valence-corrected chi connectivity index (χ4v) is 3.05. The Hall–Kier alpha value is -3.66. The van der Waals surface area contributed by atoms with Gasteiger partial charge in [-0.05, 0) is 28.8 Å². The molecule has 1 heterocycles. The van der Waals surface area contributed by atoms with E-state index in [2.05, 4.69) is 48.3 Å². The SMILES string of the molecule is C=Cc1ccc(Cn2nc(Nc3ccccc3)nc2Cc2ccccc2)cc1. The molecule has 0 bridgehead atoms. The molecule has 1 aromatic heterocycles. The summed E-state index contributed by atoms with van der Waals surface area (Å²) >= 11 is 0. The van der Waals surface area contributed by atoms with Crippen LogP contribution in [0.2, 0.25) is 0 Å². The van der Waals surface area contributed by atoms with Gasteiger partial charge in [0.15, 0.2) is 0 Å². The van der Waals surface area contributed by atoms with E-state index >= 15 is 0 Å². The number of hydrogen-bond donors (Lipinski definition) is 1. The Bertz CT molecular complexity index is 1040. The number of nitrogens with one attached hydrogen (secondary N) is 1. The van der Waals surface area contributed by atoms with Gasteiger partial charge in [0.2, 0.25) is 5.95 Å². The molecule has 4 heteroatoms. The molecular formula is C24H22N4. The molecule has 28 heavy (non-hydrogen) atoms. The first-order chi connectivity index (χ1) is 13.8. The Morgan fingerprint density at radius 3 is 2.18 bits per heavy atom. The molecule has 0 radical (unpaired) electrons. The first-order valence-electron chi connectivity index (χ1n) is 9.31. The van der Waals surface area contributed by atoms with Crippen molar-refractivity contribution in [3.63, 3.8) is 0 Å². The zero-order chi connectivity index (χ0) is 19.2. The van der Waals surface area contributed by atoms with Crippen LogP contribution in [-0.4, -0.2) is 14.8 Å². The van der Waals surface area contributed by atoms with Crippen LogP contribution in [-0.2, 0) is 13.0 Å². The van der Waals surface area contributed by atoms with Crippen LogP contribution in [0.1, 0.15) is 22.5 Å². The summed E-state index contributed by atoms with van der Waals surface area (Å²) in [5, 5.41) is 8.01. The van der Waals surface area contributed by atoms with Crippen molar-refractivity contribution in [3.05, 3.63) is 114 Å². The first kappa shape index (κ1) is 17.7. The minimum atomic E-state index is 0.611. The molecule has 0 unspecified atom stereocenters. The largest absolute Gasteiger partial charge is 0.323 e. The second kappa shape index (κ2) is 8.35. The second-order valence-corrected chi connectivity index (χ2v) is 6.61. The van der Waals surface area contributed by atoms with Crippen LogP contribution in [0.5, 0.6) is 0 Å². The number of benzene rings is 3. The highest BCUT2D eigenvalue weighted by Crippen LogP contribution is 2.17. The molecule has 0 aliphatic heterocycles. The maximum atomic E-state index is 4.76. The first-order valence-corrected chi connectivity index (χ1v) is 9.31. The molecule has 0 saturated heterocycles. The zero-order valence-corrected chi connectivity index (χ0v) is 15.6. The Morgan fingerprint density at radius 2 is 1.50 bits per heavy atom. The maximum Gasteiger partial charge on any atom is 0.246 e. The van der Waals surface area contributed by atoms with Crippen molar-refractivity contribution in [2.75, 3.05) is 5.32 Å². The van der Waals surface area contributed by atoms with Crippen LogP contribution >= 0.6 is 0 Å². The summed E-state index contributed by atoms with van der Waals surface area (Å²) in [6.45, 7) is 4.48. The van der Waals surface area contributed by atoms with E-state index in [0.717, 1.165) is 23.5 Å². The van der Waals surface area contributed by atoms with E-state index in [9.17, 15) is 0 Å². The molecule has 0 saturated carbocycles. The molecule has 4 aromatic rings. The standard InChI is InChI=1S/C24H22N4/c1-2-19-13-15-21(16-14-19)18-28-23(17-20-9-5-3-6-10-20)26-24(27-28)25-22-11-7-4-8-12-22/h2-16H,1,17-18H2,(H,25,27). The van der Waals surface area contributed by atoms with Crippen molar-refractivity contribution in [3.8, 4) is 0 Å². The van der Waals surface area contributed by atoms with E-state index < -0.39 is 0 Å². The molecular weight excluding hydrogens is 344 g/mol. The fourth-order valence-electron chi connectivity index (χ4n) is 3.05. The van der Waals surface area contributed by atoms with Crippen LogP contribution in [0.15, 0.2) is 91.5 Å². The third-order valence-electron chi connectivity index (χ3n) is 4.53. The molecule has 3 aromatic carbocycles. The minimum Gasteiger partial charge on any atom is -0.323 e. The quantitative estimate of drug-likeness (QED) is 0.482. The summed E-state index contributed by atoms with van der Waals surface area (Å²) < 4.78 is 1.97. The molecule has 138 valence electrons. The van der Waals surface area contributed by atoms with Crippen molar-refractivity contribution < 1.29 is 0 Å². The number of rotatable bonds is 7. The van der Waals surface area contributed by atoms with E-state index in [-0.39, 0.29) is 0 Å². The highest BCUT2D eigenvalue weighted by atomic mass is 15.4. The van der Waals surface area contributed by atoms with E-state index in [1.54, 1.807) is 0 Å². The van der Waals surface area contributed by atoms with Gasteiger partial charge in [0, 0.05) is 12.1 Å². The number of hydrogen-bond acceptors (Lipinski definition) is 3. The van der Waals surface area contributed by atoms with Crippen LogP contribution in [0.25, 0.3) is 6.08 Å².